The molecule has 1 saturated heterocycles. The van der Waals surface area contributed by atoms with Gasteiger partial charge in [0.15, 0.2) is 0 Å². The van der Waals surface area contributed by atoms with Crippen molar-refractivity contribution in [1.29, 1.82) is 0 Å². The Kier molecular flexibility index (Phi) is 2.33. The Morgan fingerprint density at radius 3 is 3.10 bits per heavy atom. The summed E-state index contributed by atoms with van der Waals surface area (Å²) in [6.45, 7) is 7.06. The van der Waals surface area contributed by atoms with Crippen LogP contribution in [-0.2, 0) is 9.47 Å². The standard InChI is InChI=1S/C8H14O2/c1-3-9-7-8(2)5-4-6-10-8/h3H,1,4-7H2,2H3. The van der Waals surface area contributed by atoms with E-state index in [1.165, 1.54) is 6.26 Å². The van der Waals surface area contributed by atoms with Crippen LogP contribution in [-0.4, -0.2) is 18.8 Å². The molecule has 0 N–H and O–H groups in total. The third kappa shape index (κ3) is 1.74. The normalized spacial score (nSPS) is 32.1. The van der Waals surface area contributed by atoms with Crippen LogP contribution in [0, 0.1) is 0 Å². The highest BCUT2D eigenvalue weighted by molar-refractivity contribution is 4.80. The first kappa shape index (κ1) is 7.61. The van der Waals surface area contributed by atoms with E-state index in [2.05, 4.69) is 13.5 Å². The first-order valence-corrected chi connectivity index (χ1v) is 3.63. The Bertz CT molecular complexity index is 114. The van der Waals surface area contributed by atoms with Gasteiger partial charge in [-0.05, 0) is 19.8 Å². The number of ether oxygens (including phenoxy) is 2. The third-order valence-electron chi connectivity index (χ3n) is 1.81. The molecule has 10 heavy (non-hydrogen) atoms. The van der Waals surface area contributed by atoms with Gasteiger partial charge in [0.25, 0.3) is 0 Å². The molecule has 1 rings (SSSR count). The van der Waals surface area contributed by atoms with Crippen LogP contribution in [0.5, 0.6) is 0 Å². The zero-order chi connectivity index (χ0) is 7.45. The molecular formula is C8H14O2. The summed E-state index contributed by atoms with van der Waals surface area (Å²) in [5.41, 5.74) is -0.0474. The average molecular weight is 142 g/mol. The predicted octanol–water partition coefficient (Wildman–Crippen LogP) is 1.72. The molecule has 0 bridgehead atoms. The largest absolute Gasteiger partial charge is 0.499 e. The lowest BCUT2D eigenvalue weighted by Gasteiger charge is -2.21. The van der Waals surface area contributed by atoms with Gasteiger partial charge < -0.3 is 9.47 Å². The lowest BCUT2D eigenvalue weighted by Crippen LogP contribution is -2.28. The summed E-state index contributed by atoms with van der Waals surface area (Å²) in [5, 5.41) is 0. The lowest BCUT2D eigenvalue weighted by atomic mass is 10.1. The van der Waals surface area contributed by atoms with E-state index in [1.807, 2.05) is 0 Å². The fourth-order valence-corrected chi connectivity index (χ4v) is 1.19. The van der Waals surface area contributed by atoms with Gasteiger partial charge in [-0.15, -0.1) is 0 Å². The molecule has 1 atom stereocenters. The van der Waals surface area contributed by atoms with Crippen LogP contribution in [0.2, 0.25) is 0 Å². The molecule has 0 saturated carbocycles. The van der Waals surface area contributed by atoms with Gasteiger partial charge in [0.1, 0.15) is 6.61 Å². The second-order valence-electron chi connectivity index (χ2n) is 2.88. The van der Waals surface area contributed by atoms with Gasteiger partial charge in [-0.1, -0.05) is 6.58 Å². The monoisotopic (exact) mass is 142 g/mol. The fourth-order valence-electron chi connectivity index (χ4n) is 1.19. The van der Waals surface area contributed by atoms with Gasteiger partial charge in [0.2, 0.25) is 0 Å². The van der Waals surface area contributed by atoms with Crippen molar-refractivity contribution in [3.8, 4) is 0 Å². The molecule has 0 aliphatic carbocycles. The van der Waals surface area contributed by atoms with Crippen molar-refractivity contribution in [2.45, 2.75) is 25.4 Å². The topological polar surface area (TPSA) is 18.5 Å². The molecule has 2 nitrogen and oxygen atoms in total. The van der Waals surface area contributed by atoms with Crippen molar-refractivity contribution in [1.82, 2.24) is 0 Å². The van der Waals surface area contributed by atoms with E-state index < -0.39 is 0 Å². The van der Waals surface area contributed by atoms with E-state index in [0.29, 0.717) is 6.61 Å². The van der Waals surface area contributed by atoms with E-state index in [0.717, 1.165) is 19.4 Å². The van der Waals surface area contributed by atoms with E-state index in [9.17, 15) is 0 Å². The molecule has 1 heterocycles. The molecule has 0 aromatic rings. The van der Waals surface area contributed by atoms with Gasteiger partial charge >= 0.3 is 0 Å². The summed E-state index contributed by atoms with van der Waals surface area (Å²) in [5.74, 6) is 0. The minimum atomic E-state index is -0.0474. The molecule has 0 aromatic heterocycles. The SMILES string of the molecule is C=COCC1(C)CCCO1. The smallest absolute Gasteiger partial charge is 0.116 e. The van der Waals surface area contributed by atoms with Crippen molar-refractivity contribution in [2.24, 2.45) is 0 Å². The predicted molar refractivity (Wildman–Crippen MR) is 39.7 cm³/mol. The van der Waals surface area contributed by atoms with Crippen molar-refractivity contribution in [3.05, 3.63) is 12.8 Å². The summed E-state index contributed by atoms with van der Waals surface area (Å²) in [6, 6.07) is 0. The quantitative estimate of drug-likeness (QED) is 0.558. The van der Waals surface area contributed by atoms with Crippen LogP contribution in [0.4, 0.5) is 0 Å². The van der Waals surface area contributed by atoms with Crippen LogP contribution < -0.4 is 0 Å². The van der Waals surface area contributed by atoms with E-state index in [1.54, 1.807) is 0 Å². The summed E-state index contributed by atoms with van der Waals surface area (Å²) in [6.07, 6.45) is 3.71. The zero-order valence-corrected chi connectivity index (χ0v) is 6.43. The van der Waals surface area contributed by atoms with Crippen molar-refractivity contribution in [2.75, 3.05) is 13.2 Å². The minimum Gasteiger partial charge on any atom is -0.499 e. The molecular weight excluding hydrogens is 128 g/mol. The van der Waals surface area contributed by atoms with Gasteiger partial charge in [0.05, 0.1) is 11.9 Å². The molecule has 1 aliphatic rings. The Morgan fingerprint density at radius 2 is 2.60 bits per heavy atom. The lowest BCUT2D eigenvalue weighted by molar-refractivity contribution is -0.0279. The molecule has 0 aromatic carbocycles. The van der Waals surface area contributed by atoms with E-state index in [-0.39, 0.29) is 5.60 Å². The van der Waals surface area contributed by atoms with E-state index in [4.69, 9.17) is 9.47 Å². The Hall–Kier alpha value is -0.500. The van der Waals surface area contributed by atoms with Crippen molar-refractivity contribution >= 4 is 0 Å². The number of hydrogen-bond acceptors (Lipinski definition) is 2. The van der Waals surface area contributed by atoms with Crippen LogP contribution >= 0.6 is 0 Å². The minimum absolute atomic E-state index is 0.0474. The molecule has 2 heteroatoms. The van der Waals surface area contributed by atoms with Gasteiger partial charge in [0, 0.05) is 6.61 Å². The first-order chi connectivity index (χ1) is 4.77. The number of hydrogen-bond donors (Lipinski definition) is 0. The van der Waals surface area contributed by atoms with Crippen molar-refractivity contribution in [3.63, 3.8) is 0 Å². The van der Waals surface area contributed by atoms with Crippen molar-refractivity contribution < 1.29 is 9.47 Å². The highest BCUT2D eigenvalue weighted by Crippen LogP contribution is 2.24. The highest BCUT2D eigenvalue weighted by Gasteiger charge is 2.29. The second-order valence-corrected chi connectivity index (χ2v) is 2.88. The maximum atomic E-state index is 5.47. The molecule has 1 unspecified atom stereocenters. The van der Waals surface area contributed by atoms with Crippen LogP contribution in [0.3, 0.4) is 0 Å². The summed E-state index contributed by atoms with van der Waals surface area (Å²) in [7, 11) is 0. The molecule has 0 radical (unpaired) electrons. The Balaban J connectivity index is 2.28. The first-order valence-electron chi connectivity index (χ1n) is 3.63. The van der Waals surface area contributed by atoms with E-state index >= 15 is 0 Å². The Labute approximate surface area is 61.8 Å². The van der Waals surface area contributed by atoms with Crippen LogP contribution in [0.25, 0.3) is 0 Å². The maximum absolute atomic E-state index is 5.47. The third-order valence-corrected chi connectivity index (χ3v) is 1.81. The average Bonchev–Trinajstić information content (AvgIpc) is 2.33. The van der Waals surface area contributed by atoms with Gasteiger partial charge in [-0.3, -0.25) is 0 Å². The fraction of sp³-hybridized carbons (Fsp3) is 0.750. The van der Waals surface area contributed by atoms with Crippen LogP contribution in [0.1, 0.15) is 19.8 Å². The summed E-state index contributed by atoms with van der Waals surface area (Å²) < 4.78 is 10.5. The molecule has 0 spiro atoms. The number of rotatable bonds is 3. The summed E-state index contributed by atoms with van der Waals surface area (Å²) in [4.78, 5) is 0. The second kappa shape index (κ2) is 3.06. The summed E-state index contributed by atoms with van der Waals surface area (Å²) >= 11 is 0. The Morgan fingerprint density at radius 1 is 1.80 bits per heavy atom. The zero-order valence-electron chi connectivity index (χ0n) is 6.43. The van der Waals surface area contributed by atoms with Gasteiger partial charge in [-0.25, -0.2) is 0 Å². The highest BCUT2D eigenvalue weighted by atomic mass is 16.5. The molecule has 1 aliphatic heterocycles. The molecule has 1 fully saturated rings. The maximum Gasteiger partial charge on any atom is 0.116 e. The van der Waals surface area contributed by atoms with Crippen LogP contribution in [0.15, 0.2) is 12.8 Å². The van der Waals surface area contributed by atoms with Gasteiger partial charge in [-0.2, -0.15) is 0 Å². The molecule has 0 amide bonds. The molecule has 58 valence electrons.